The van der Waals surface area contributed by atoms with Gasteiger partial charge in [-0.25, -0.2) is 8.91 Å². The maximum absolute atomic E-state index is 15.3. The number of nitriles is 1. The summed E-state index contributed by atoms with van der Waals surface area (Å²) in [5.74, 6) is -1.72. The molecule has 2 aliphatic carbocycles. The molecule has 3 amide bonds. The van der Waals surface area contributed by atoms with Crippen molar-refractivity contribution < 1.29 is 23.9 Å². The van der Waals surface area contributed by atoms with E-state index in [0.717, 1.165) is 86.7 Å². The average molecular weight is 800 g/mol. The second-order valence-electron chi connectivity index (χ2n) is 17.6. The van der Waals surface area contributed by atoms with Crippen LogP contribution in [0.4, 0.5) is 10.1 Å². The number of fused-ring (bicyclic) bond motifs is 2. The highest BCUT2D eigenvalue weighted by molar-refractivity contribution is 6.05. The summed E-state index contributed by atoms with van der Waals surface area (Å²) >= 11 is 0. The first-order valence-electron chi connectivity index (χ1n) is 20.9. The molecular formula is C45H50FN9O4. The number of hydrogen-bond acceptors (Lipinski definition) is 9. The highest BCUT2D eigenvalue weighted by atomic mass is 19.1. The number of benzene rings is 2. The van der Waals surface area contributed by atoms with Crippen LogP contribution in [0.25, 0.3) is 16.4 Å². The largest absolute Gasteiger partial charge is 0.386 e. The van der Waals surface area contributed by atoms with Gasteiger partial charge in [-0.3, -0.25) is 34.2 Å². The Hall–Kier alpha value is -5.49. The topological polar surface area (TPSA) is 161 Å². The van der Waals surface area contributed by atoms with Crippen LogP contribution in [0.15, 0.2) is 54.9 Å². The molecule has 0 unspecified atom stereocenters. The van der Waals surface area contributed by atoms with Crippen LogP contribution < -0.4 is 10.6 Å². The molecule has 13 nitrogen and oxygen atoms in total. The Morgan fingerprint density at radius 1 is 0.949 bits per heavy atom. The minimum atomic E-state index is -1.24. The first-order valence-corrected chi connectivity index (χ1v) is 20.9. The van der Waals surface area contributed by atoms with E-state index >= 15 is 4.39 Å². The van der Waals surface area contributed by atoms with Gasteiger partial charge in [0.05, 0.1) is 40.4 Å². The second-order valence-corrected chi connectivity index (χ2v) is 17.6. The van der Waals surface area contributed by atoms with Crippen LogP contribution in [-0.4, -0.2) is 90.3 Å². The second kappa shape index (κ2) is 15.3. The van der Waals surface area contributed by atoms with E-state index < -0.39 is 17.4 Å². The molecule has 3 N–H and O–H groups in total. The van der Waals surface area contributed by atoms with E-state index in [2.05, 4.69) is 42.5 Å². The quantitative estimate of drug-likeness (QED) is 0.159. The number of nitrogens with one attached hydrogen (secondary N) is 2. The standard InChI is InChI=1S/C45H50FN9O4/c1-26-16-36(34-9-11-42(56)50-43(34)57)38(46)21-35(26)28-18-33(19-28)53-14-12-52(13-15-53)30-4-6-31(7-5-30)54-25-29-20-40(37(45(2,3)59)22-39(29)51-54)49-44(58)41-10-8-32-17-27(23-47)24-48-55(32)41/h8,10,16-17,20-22,24-25,28,30-31,33-34,59H,4-7,9,11-15,18-19H2,1-3H3,(H,49,58)(H,50,56,57)/t28?,30?,31?,33?,34-/m0/s1. The Morgan fingerprint density at radius 3 is 2.36 bits per heavy atom. The molecule has 3 aromatic heterocycles. The molecule has 2 saturated heterocycles. The van der Waals surface area contributed by atoms with Crippen molar-refractivity contribution in [2.24, 2.45) is 0 Å². The molecule has 5 aromatic rings. The summed E-state index contributed by atoms with van der Waals surface area (Å²) < 4.78 is 18.9. The van der Waals surface area contributed by atoms with Crippen molar-refractivity contribution in [1.29, 1.82) is 5.26 Å². The van der Waals surface area contributed by atoms with Gasteiger partial charge in [0.15, 0.2) is 0 Å². The Bertz CT molecular complexity index is 2510. The number of nitrogens with zero attached hydrogens (tertiary/aromatic N) is 7. The van der Waals surface area contributed by atoms with Crippen LogP contribution in [0.5, 0.6) is 0 Å². The maximum atomic E-state index is 15.3. The summed E-state index contributed by atoms with van der Waals surface area (Å²) in [5, 5.41) is 35.9. The molecule has 0 radical (unpaired) electrons. The van der Waals surface area contributed by atoms with Gasteiger partial charge in [0.2, 0.25) is 11.8 Å². The van der Waals surface area contributed by atoms with E-state index in [1.54, 1.807) is 38.1 Å². The molecule has 4 fully saturated rings. The lowest BCUT2D eigenvalue weighted by Crippen LogP contribution is -2.56. The van der Waals surface area contributed by atoms with Crippen LogP contribution in [0.2, 0.25) is 0 Å². The van der Waals surface area contributed by atoms with Gasteiger partial charge in [-0.2, -0.15) is 15.5 Å². The molecule has 1 atom stereocenters. The van der Waals surface area contributed by atoms with E-state index in [1.165, 1.54) is 10.7 Å². The number of amides is 3. The highest BCUT2D eigenvalue weighted by Crippen LogP contribution is 2.43. The van der Waals surface area contributed by atoms with E-state index in [-0.39, 0.29) is 30.1 Å². The number of rotatable bonds is 8. The third-order valence-electron chi connectivity index (χ3n) is 13.4. The predicted molar refractivity (Wildman–Crippen MR) is 219 cm³/mol. The van der Waals surface area contributed by atoms with Gasteiger partial charge in [0.25, 0.3) is 5.91 Å². The molecule has 0 spiro atoms. The number of piperazine rings is 1. The van der Waals surface area contributed by atoms with Gasteiger partial charge in [-0.15, -0.1) is 0 Å². The number of halogens is 1. The van der Waals surface area contributed by atoms with Crippen molar-refractivity contribution in [2.45, 2.75) is 108 Å². The van der Waals surface area contributed by atoms with E-state index in [0.29, 0.717) is 58.0 Å². The van der Waals surface area contributed by atoms with Gasteiger partial charge in [0, 0.05) is 73.1 Å². The maximum Gasteiger partial charge on any atom is 0.274 e. The number of aromatic nitrogens is 4. The number of aryl methyl sites for hydroxylation is 1. The average Bonchev–Trinajstić information content (AvgIpc) is 3.82. The highest BCUT2D eigenvalue weighted by Gasteiger charge is 2.39. The molecular weight excluding hydrogens is 750 g/mol. The zero-order chi connectivity index (χ0) is 41.2. The Morgan fingerprint density at radius 2 is 1.66 bits per heavy atom. The van der Waals surface area contributed by atoms with Crippen molar-refractivity contribution in [3.05, 3.63) is 94.2 Å². The molecule has 2 aliphatic heterocycles. The summed E-state index contributed by atoms with van der Waals surface area (Å²) in [4.78, 5) is 42.8. The third kappa shape index (κ3) is 7.52. The molecule has 0 bridgehead atoms. The fourth-order valence-electron chi connectivity index (χ4n) is 10.0. The Labute approximate surface area is 342 Å². The summed E-state index contributed by atoms with van der Waals surface area (Å²) in [6, 6.07) is 15.7. The van der Waals surface area contributed by atoms with Gasteiger partial charge in [-0.05, 0) is 119 Å². The molecule has 59 heavy (non-hydrogen) atoms. The number of imide groups is 1. The van der Waals surface area contributed by atoms with Gasteiger partial charge in [-0.1, -0.05) is 6.07 Å². The van der Waals surface area contributed by atoms with Crippen LogP contribution >= 0.6 is 0 Å². The summed E-state index contributed by atoms with van der Waals surface area (Å²) in [7, 11) is 0. The Kier molecular flexibility index (Phi) is 10.1. The lowest BCUT2D eigenvalue weighted by molar-refractivity contribution is -0.134. The number of carbonyl (C=O) groups is 3. The molecule has 2 aromatic carbocycles. The van der Waals surface area contributed by atoms with Gasteiger partial charge < -0.3 is 10.4 Å². The normalized spacial score (nSPS) is 24.5. The fraction of sp³-hybridized carbons (Fsp3) is 0.467. The van der Waals surface area contributed by atoms with Gasteiger partial charge in [0.1, 0.15) is 17.6 Å². The lowest BCUT2D eigenvalue weighted by atomic mass is 9.73. The van der Waals surface area contributed by atoms with Gasteiger partial charge >= 0.3 is 0 Å². The van der Waals surface area contributed by atoms with Crippen molar-refractivity contribution in [1.82, 2.24) is 34.5 Å². The van der Waals surface area contributed by atoms with Crippen molar-refractivity contribution >= 4 is 39.8 Å². The smallest absolute Gasteiger partial charge is 0.274 e. The zero-order valence-electron chi connectivity index (χ0n) is 33.7. The predicted octanol–water partition coefficient (Wildman–Crippen LogP) is 6.05. The molecule has 2 saturated carbocycles. The molecule has 5 heterocycles. The minimum absolute atomic E-state index is 0.234. The SMILES string of the molecule is Cc1cc([C@@H]2CCC(=O)NC2=O)c(F)cc1C1CC(N2CCN(C3CCC(n4cc5cc(NC(=O)c6ccc7cc(C#N)cnn67)c(C(C)(C)O)cc5n4)CC3)CC2)C1. The van der Waals surface area contributed by atoms with Crippen LogP contribution in [0.3, 0.4) is 0 Å². The number of carbonyl (C=O) groups excluding carboxylic acids is 3. The summed E-state index contributed by atoms with van der Waals surface area (Å²) in [5.41, 5.74) is 4.41. The first kappa shape index (κ1) is 39.0. The minimum Gasteiger partial charge on any atom is -0.386 e. The van der Waals surface area contributed by atoms with Crippen molar-refractivity contribution in [3.8, 4) is 6.07 Å². The van der Waals surface area contributed by atoms with E-state index in [9.17, 15) is 24.8 Å². The number of hydrogen-bond donors (Lipinski definition) is 3. The van der Waals surface area contributed by atoms with Crippen LogP contribution in [-0.2, 0) is 15.2 Å². The third-order valence-corrected chi connectivity index (χ3v) is 13.4. The van der Waals surface area contributed by atoms with Crippen LogP contribution in [0, 0.1) is 24.1 Å². The van der Waals surface area contributed by atoms with Crippen LogP contribution in [0.1, 0.15) is 121 Å². The molecule has 306 valence electrons. The fourth-order valence-corrected chi connectivity index (χ4v) is 10.0. The van der Waals surface area contributed by atoms with Crippen molar-refractivity contribution in [2.75, 3.05) is 31.5 Å². The zero-order valence-corrected chi connectivity index (χ0v) is 33.7. The molecule has 9 rings (SSSR count). The van der Waals surface area contributed by atoms with E-state index in [4.69, 9.17) is 5.10 Å². The molecule has 14 heteroatoms. The number of anilines is 1. The van der Waals surface area contributed by atoms with Crippen molar-refractivity contribution in [3.63, 3.8) is 0 Å². The number of aliphatic hydroxyl groups is 1. The summed E-state index contributed by atoms with van der Waals surface area (Å²) in [6.45, 7) is 9.54. The van der Waals surface area contributed by atoms with E-state index in [1.807, 2.05) is 25.1 Å². The number of piperidine rings is 1. The summed E-state index contributed by atoms with van der Waals surface area (Å²) in [6.07, 6.45) is 10.3. The lowest BCUT2D eigenvalue weighted by Gasteiger charge is -2.48. The molecule has 4 aliphatic rings. The monoisotopic (exact) mass is 799 g/mol. The Balaban J connectivity index is 0.788. The first-order chi connectivity index (χ1) is 28.3.